The third kappa shape index (κ3) is 4.16. The first kappa shape index (κ1) is 23.5. The van der Waals surface area contributed by atoms with Gasteiger partial charge in [-0.1, -0.05) is 11.2 Å². The van der Waals surface area contributed by atoms with E-state index in [9.17, 15) is 22.4 Å². The summed E-state index contributed by atoms with van der Waals surface area (Å²) in [6.45, 7) is 0.317. The van der Waals surface area contributed by atoms with E-state index in [-0.39, 0.29) is 34.3 Å². The van der Waals surface area contributed by atoms with Crippen LogP contribution >= 0.6 is 0 Å². The molecule has 0 spiro atoms. The number of aromatic nitrogens is 5. The smallest absolute Gasteiger partial charge is 0.416 e. The van der Waals surface area contributed by atoms with Crippen molar-refractivity contribution in [1.82, 2.24) is 30.0 Å². The standard InChI is InChI=1S/C23H18F4N6O3/c1-35-19-15(4-2-5-16(19)24)20-30-21(36-31-20)17-6-3-11-32(17)22(34)14-8-7-13(23(25,26)27)12-18(14)33-28-9-10-29-33/h2,4-5,7-10,12,17H,3,6,11H2,1H3. The Bertz CT molecular complexity index is 1400. The molecule has 3 heterocycles. The van der Waals surface area contributed by atoms with Gasteiger partial charge in [-0.25, -0.2) is 4.39 Å². The first-order valence-corrected chi connectivity index (χ1v) is 10.8. The van der Waals surface area contributed by atoms with Gasteiger partial charge in [0.2, 0.25) is 11.7 Å². The molecule has 1 saturated heterocycles. The second-order valence-corrected chi connectivity index (χ2v) is 7.98. The second kappa shape index (κ2) is 9.06. The average Bonchev–Trinajstić information content (AvgIpc) is 3.64. The summed E-state index contributed by atoms with van der Waals surface area (Å²) in [6, 6.07) is 6.43. The van der Waals surface area contributed by atoms with Gasteiger partial charge < -0.3 is 14.2 Å². The second-order valence-electron chi connectivity index (χ2n) is 7.98. The van der Waals surface area contributed by atoms with Crippen molar-refractivity contribution in [2.24, 2.45) is 0 Å². The van der Waals surface area contributed by atoms with E-state index in [0.717, 1.165) is 23.0 Å². The predicted octanol–water partition coefficient (Wildman–Crippen LogP) is 4.46. The maximum atomic E-state index is 14.1. The van der Waals surface area contributed by atoms with E-state index in [0.29, 0.717) is 19.4 Å². The SMILES string of the molecule is COc1c(F)cccc1-c1noc(C2CCCN2C(=O)c2ccc(C(F)(F)F)cc2-n2nccn2)n1. The van der Waals surface area contributed by atoms with Crippen molar-refractivity contribution in [3.05, 3.63) is 71.6 Å². The maximum absolute atomic E-state index is 14.1. The summed E-state index contributed by atoms with van der Waals surface area (Å²) in [7, 11) is 1.32. The molecule has 0 bridgehead atoms. The molecule has 5 rings (SSSR count). The van der Waals surface area contributed by atoms with Crippen molar-refractivity contribution in [2.75, 3.05) is 13.7 Å². The number of ether oxygens (including phenoxy) is 1. The first-order chi connectivity index (χ1) is 17.3. The molecule has 186 valence electrons. The molecular formula is C23H18F4N6O3. The van der Waals surface area contributed by atoms with Gasteiger partial charge in [0, 0.05) is 6.54 Å². The van der Waals surface area contributed by atoms with Crippen molar-refractivity contribution < 1.29 is 31.6 Å². The highest BCUT2D eigenvalue weighted by Crippen LogP contribution is 2.37. The Morgan fingerprint density at radius 1 is 1.17 bits per heavy atom. The summed E-state index contributed by atoms with van der Waals surface area (Å²) in [5.74, 6) is -0.988. The predicted molar refractivity (Wildman–Crippen MR) is 116 cm³/mol. The number of amides is 1. The van der Waals surface area contributed by atoms with Crippen LogP contribution in [0.15, 0.2) is 53.3 Å². The van der Waals surface area contributed by atoms with E-state index in [2.05, 4.69) is 20.3 Å². The van der Waals surface area contributed by atoms with Crippen molar-refractivity contribution in [3.63, 3.8) is 0 Å². The van der Waals surface area contributed by atoms with Gasteiger partial charge in [0.25, 0.3) is 5.91 Å². The summed E-state index contributed by atoms with van der Waals surface area (Å²) in [5.41, 5.74) is -0.785. The van der Waals surface area contributed by atoms with Crippen LogP contribution in [-0.2, 0) is 6.18 Å². The zero-order valence-electron chi connectivity index (χ0n) is 18.7. The number of para-hydroxylation sites is 1. The van der Waals surface area contributed by atoms with Gasteiger partial charge in [-0.3, -0.25) is 4.79 Å². The van der Waals surface area contributed by atoms with Crippen molar-refractivity contribution in [1.29, 1.82) is 0 Å². The zero-order chi connectivity index (χ0) is 25.4. The van der Waals surface area contributed by atoms with E-state index >= 15 is 0 Å². The molecule has 2 aromatic heterocycles. The highest BCUT2D eigenvalue weighted by Gasteiger charge is 2.37. The lowest BCUT2D eigenvalue weighted by Crippen LogP contribution is -2.32. The van der Waals surface area contributed by atoms with Gasteiger partial charge in [0.05, 0.1) is 41.9 Å². The molecule has 4 aromatic rings. The summed E-state index contributed by atoms with van der Waals surface area (Å²) >= 11 is 0. The number of likely N-dealkylation sites (tertiary alicyclic amines) is 1. The van der Waals surface area contributed by atoms with Crippen LogP contribution in [-0.4, -0.2) is 49.6 Å². The third-order valence-corrected chi connectivity index (χ3v) is 5.84. The molecule has 1 aliphatic heterocycles. The molecule has 1 unspecified atom stereocenters. The molecule has 1 aliphatic rings. The fraction of sp³-hybridized carbons (Fsp3) is 0.261. The number of hydrogen-bond acceptors (Lipinski definition) is 7. The Balaban J connectivity index is 1.49. The number of rotatable bonds is 5. The lowest BCUT2D eigenvalue weighted by Gasteiger charge is -2.23. The number of methoxy groups -OCH3 is 1. The monoisotopic (exact) mass is 502 g/mol. The number of benzene rings is 2. The van der Waals surface area contributed by atoms with Gasteiger partial charge in [-0.05, 0) is 43.2 Å². The van der Waals surface area contributed by atoms with Crippen LogP contribution in [0.1, 0.15) is 40.7 Å². The number of hydrogen-bond donors (Lipinski definition) is 0. The Labute approximate surface area is 201 Å². The van der Waals surface area contributed by atoms with Crippen LogP contribution in [0.2, 0.25) is 0 Å². The van der Waals surface area contributed by atoms with Crippen LogP contribution in [0.25, 0.3) is 17.1 Å². The van der Waals surface area contributed by atoms with Gasteiger partial charge >= 0.3 is 6.18 Å². The number of nitrogens with zero attached hydrogens (tertiary/aromatic N) is 6. The quantitative estimate of drug-likeness (QED) is 0.372. The Morgan fingerprint density at radius 2 is 1.94 bits per heavy atom. The van der Waals surface area contributed by atoms with Gasteiger partial charge in [0.1, 0.15) is 6.04 Å². The topological polar surface area (TPSA) is 99.2 Å². The Hall–Kier alpha value is -4.29. The minimum absolute atomic E-state index is 0.0161. The molecule has 9 nitrogen and oxygen atoms in total. The van der Waals surface area contributed by atoms with Gasteiger partial charge in [-0.15, -0.1) is 0 Å². The summed E-state index contributed by atoms with van der Waals surface area (Å²) in [5, 5.41) is 11.7. The zero-order valence-corrected chi connectivity index (χ0v) is 18.7. The first-order valence-electron chi connectivity index (χ1n) is 10.8. The largest absolute Gasteiger partial charge is 0.493 e. The minimum Gasteiger partial charge on any atom is -0.493 e. The van der Waals surface area contributed by atoms with Crippen LogP contribution in [0.5, 0.6) is 5.75 Å². The average molecular weight is 502 g/mol. The fourth-order valence-corrected chi connectivity index (χ4v) is 4.19. The molecule has 0 N–H and O–H groups in total. The molecule has 0 saturated carbocycles. The van der Waals surface area contributed by atoms with Crippen molar-refractivity contribution in [3.8, 4) is 22.8 Å². The van der Waals surface area contributed by atoms with E-state index in [4.69, 9.17) is 9.26 Å². The Kier molecular flexibility index (Phi) is 5.90. The van der Waals surface area contributed by atoms with Gasteiger partial charge in [-0.2, -0.15) is 33.1 Å². The molecule has 1 amide bonds. The van der Waals surface area contributed by atoms with Crippen LogP contribution in [0.4, 0.5) is 17.6 Å². The molecule has 13 heteroatoms. The lowest BCUT2D eigenvalue weighted by atomic mass is 10.1. The lowest BCUT2D eigenvalue weighted by molar-refractivity contribution is -0.137. The molecule has 1 fully saturated rings. The van der Waals surface area contributed by atoms with E-state index < -0.39 is 29.5 Å². The molecule has 0 aliphatic carbocycles. The number of halogens is 4. The number of carbonyl (C=O) groups excluding carboxylic acids is 1. The molecule has 36 heavy (non-hydrogen) atoms. The molecule has 0 radical (unpaired) electrons. The van der Waals surface area contributed by atoms with E-state index in [1.807, 2.05) is 0 Å². The molecule has 1 atom stereocenters. The van der Waals surface area contributed by atoms with E-state index in [1.54, 1.807) is 6.07 Å². The Morgan fingerprint density at radius 3 is 2.67 bits per heavy atom. The normalized spacial score (nSPS) is 15.9. The van der Waals surface area contributed by atoms with Crippen molar-refractivity contribution in [2.45, 2.75) is 25.1 Å². The highest BCUT2D eigenvalue weighted by molar-refractivity contribution is 5.98. The minimum atomic E-state index is -4.61. The number of carbonyl (C=O) groups is 1. The summed E-state index contributed by atoms with van der Waals surface area (Å²) in [6.07, 6.45) is -0.920. The van der Waals surface area contributed by atoms with E-state index in [1.165, 1.54) is 36.5 Å². The summed E-state index contributed by atoms with van der Waals surface area (Å²) in [4.78, 5) is 20.3. The third-order valence-electron chi connectivity index (χ3n) is 5.84. The number of alkyl halides is 3. The fourth-order valence-electron chi connectivity index (χ4n) is 4.19. The maximum Gasteiger partial charge on any atom is 0.416 e. The van der Waals surface area contributed by atoms with Crippen LogP contribution in [0.3, 0.4) is 0 Å². The van der Waals surface area contributed by atoms with Crippen LogP contribution in [0, 0.1) is 5.82 Å². The molecule has 2 aromatic carbocycles. The molecular weight excluding hydrogens is 484 g/mol. The van der Waals surface area contributed by atoms with Crippen LogP contribution < -0.4 is 4.74 Å². The summed E-state index contributed by atoms with van der Waals surface area (Å²) < 4.78 is 64.7. The highest BCUT2D eigenvalue weighted by atomic mass is 19.4. The van der Waals surface area contributed by atoms with Gasteiger partial charge in [0.15, 0.2) is 11.6 Å². The van der Waals surface area contributed by atoms with Crippen molar-refractivity contribution >= 4 is 5.91 Å².